The molecular formula is C29H38N2O2. The van der Waals surface area contributed by atoms with E-state index in [2.05, 4.69) is 92.1 Å². The minimum absolute atomic E-state index is 0.0577. The second kappa shape index (κ2) is 11.6. The summed E-state index contributed by atoms with van der Waals surface area (Å²) in [6.45, 7) is 12.8. The summed E-state index contributed by atoms with van der Waals surface area (Å²) < 4.78 is 11.3. The minimum atomic E-state index is 0.0577. The van der Waals surface area contributed by atoms with E-state index in [0.29, 0.717) is 0 Å². The average molecular weight is 447 g/mol. The summed E-state index contributed by atoms with van der Waals surface area (Å²) in [4.78, 5) is 4.73. The van der Waals surface area contributed by atoms with Crippen LogP contribution in [0.1, 0.15) is 50.3 Å². The molecule has 0 atom stereocenters. The maximum atomic E-state index is 5.81. The summed E-state index contributed by atoms with van der Waals surface area (Å²) in [5.41, 5.74) is 6.11. The maximum Gasteiger partial charge on any atom is 0.126 e. The molecule has 176 valence electrons. The second-order valence-corrected chi connectivity index (χ2v) is 8.07. The summed E-state index contributed by atoms with van der Waals surface area (Å²) in [5, 5.41) is 0. The lowest BCUT2D eigenvalue weighted by Crippen LogP contribution is -2.22. The van der Waals surface area contributed by atoms with Crippen molar-refractivity contribution in [1.29, 1.82) is 0 Å². The molecule has 4 heteroatoms. The van der Waals surface area contributed by atoms with E-state index in [-0.39, 0.29) is 5.92 Å². The average Bonchev–Trinajstić information content (AvgIpc) is 2.87. The smallest absolute Gasteiger partial charge is 0.126 e. The quantitative estimate of drug-likeness (QED) is 0.311. The first-order valence-corrected chi connectivity index (χ1v) is 12.0. The summed E-state index contributed by atoms with van der Waals surface area (Å²) in [5.74, 6) is 1.69. The zero-order valence-corrected chi connectivity index (χ0v) is 21.0. The van der Waals surface area contributed by atoms with Crippen LogP contribution in [-0.2, 0) is 0 Å². The molecule has 3 rings (SSSR count). The third-order valence-corrected chi connectivity index (χ3v) is 6.46. The van der Waals surface area contributed by atoms with Crippen molar-refractivity contribution in [2.45, 2.75) is 33.6 Å². The number of hydrogen-bond acceptors (Lipinski definition) is 4. The molecular weight excluding hydrogens is 408 g/mol. The predicted octanol–water partition coefficient (Wildman–Crippen LogP) is 6.58. The number of anilines is 2. The molecule has 0 saturated carbocycles. The Balaban J connectivity index is 2.10. The maximum absolute atomic E-state index is 5.81. The Morgan fingerprint density at radius 1 is 0.606 bits per heavy atom. The first kappa shape index (κ1) is 24.5. The van der Waals surface area contributed by atoms with Crippen molar-refractivity contribution in [2.24, 2.45) is 0 Å². The molecule has 0 saturated heterocycles. The van der Waals surface area contributed by atoms with Crippen molar-refractivity contribution in [3.63, 3.8) is 0 Å². The standard InChI is InChI=1S/C29H38N2O2/c1-7-30(8-2)24-15-11-22(12-16-24)29(27-20-19-26(32-5)21-28(27)33-6)23-13-17-25(18-14-23)31(9-3)10-4/h11-21,29H,7-10H2,1-6H3. The number of nitrogens with zero attached hydrogens (tertiary/aromatic N) is 2. The van der Waals surface area contributed by atoms with Gasteiger partial charge in [-0.05, 0) is 69.2 Å². The van der Waals surface area contributed by atoms with Crippen LogP contribution in [0.2, 0.25) is 0 Å². The molecule has 0 spiro atoms. The second-order valence-electron chi connectivity index (χ2n) is 8.07. The molecule has 0 unspecified atom stereocenters. The van der Waals surface area contributed by atoms with Crippen molar-refractivity contribution in [1.82, 2.24) is 0 Å². The zero-order valence-electron chi connectivity index (χ0n) is 21.0. The lowest BCUT2D eigenvalue weighted by molar-refractivity contribution is 0.390. The summed E-state index contributed by atoms with van der Waals surface area (Å²) in [7, 11) is 3.41. The fourth-order valence-corrected chi connectivity index (χ4v) is 4.54. The van der Waals surface area contributed by atoms with E-state index in [9.17, 15) is 0 Å². The van der Waals surface area contributed by atoms with E-state index >= 15 is 0 Å². The van der Waals surface area contributed by atoms with Crippen LogP contribution < -0.4 is 19.3 Å². The largest absolute Gasteiger partial charge is 0.497 e. The SMILES string of the molecule is CCN(CC)c1ccc(C(c2ccc(N(CC)CC)cc2)c2ccc(OC)cc2OC)cc1. The lowest BCUT2D eigenvalue weighted by Gasteiger charge is -2.25. The topological polar surface area (TPSA) is 24.9 Å². The molecule has 0 N–H and O–H groups in total. The van der Waals surface area contributed by atoms with Crippen LogP contribution in [0.3, 0.4) is 0 Å². The Morgan fingerprint density at radius 2 is 1.06 bits per heavy atom. The van der Waals surface area contributed by atoms with Crippen LogP contribution >= 0.6 is 0 Å². The van der Waals surface area contributed by atoms with E-state index in [1.165, 1.54) is 22.5 Å². The Morgan fingerprint density at radius 3 is 1.42 bits per heavy atom. The number of benzene rings is 3. The van der Waals surface area contributed by atoms with Crippen LogP contribution in [0.15, 0.2) is 66.7 Å². The van der Waals surface area contributed by atoms with Gasteiger partial charge in [0.25, 0.3) is 0 Å². The highest BCUT2D eigenvalue weighted by Gasteiger charge is 2.22. The van der Waals surface area contributed by atoms with Gasteiger partial charge in [0.05, 0.1) is 14.2 Å². The molecule has 0 radical (unpaired) electrons. The van der Waals surface area contributed by atoms with Gasteiger partial charge in [0.1, 0.15) is 11.5 Å². The molecule has 0 heterocycles. The van der Waals surface area contributed by atoms with Gasteiger partial charge in [-0.1, -0.05) is 30.3 Å². The molecule has 0 bridgehead atoms. The Hall–Kier alpha value is -3.14. The van der Waals surface area contributed by atoms with Gasteiger partial charge in [-0.2, -0.15) is 0 Å². The molecule has 33 heavy (non-hydrogen) atoms. The van der Waals surface area contributed by atoms with Gasteiger partial charge in [0.15, 0.2) is 0 Å². The highest BCUT2D eigenvalue weighted by Crippen LogP contribution is 2.40. The number of rotatable bonds is 11. The van der Waals surface area contributed by atoms with Gasteiger partial charge in [0, 0.05) is 55.1 Å². The third-order valence-electron chi connectivity index (χ3n) is 6.46. The number of ether oxygens (including phenoxy) is 2. The van der Waals surface area contributed by atoms with E-state index in [0.717, 1.165) is 43.2 Å². The summed E-state index contributed by atoms with van der Waals surface area (Å²) >= 11 is 0. The van der Waals surface area contributed by atoms with E-state index < -0.39 is 0 Å². The zero-order chi connectivity index (χ0) is 23.8. The molecule has 0 aliphatic heterocycles. The molecule has 3 aromatic carbocycles. The highest BCUT2D eigenvalue weighted by atomic mass is 16.5. The highest BCUT2D eigenvalue weighted by molar-refractivity contribution is 5.57. The predicted molar refractivity (Wildman–Crippen MR) is 140 cm³/mol. The van der Waals surface area contributed by atoms with E-state index in [1.54, 1.807) is 14.2 Å². The normalized spacial score (nSPS) is 10.9. The molecule has 0 aliphatic carbocycles. The Labute approximate surface area is 199 Å². The third kappa shape index (κ3) is 5.44. The van der Waals surface area contributed by atoms with Crippen LogP contribution in [-0.4, -0.2) is 40.4 Å². The molecule has 3 aromatic rings. The van der Waals surface area contributed by atoms with Gasteiger partial charge < -0.3 is 19.3 Å². The van der Waals surface area contributed by atoms with Gasteiger partial charge >= 0.3 is 0 Å². The van der Waals surface area contributed by atoms with Crippen LogP contribution in [0.4, 0.5) is 11.4 Å². The lowest BCUT2D eigenvalue weighted by atomic mass is 9.84. The van der Waals surface area contributed by atoms with Crippen molar-refractivity contribution in [2.75, 3.05) is 50.2 Å². The molecule has 0 aliphatic rings. The first-order valence-electron chi connectivity index (χ1n) is 12.0. The van der Waals surface area contributed by atoms with Gasteiger partial charge in [-0.15, -0.1) is 0 Å². The molecule has 0 aromatic heterocycles. The van der Waals surface area contributed by atoms with Crippen molar-refractivity contribution < 1.29 is 9.47 Å². The van der Waals surface area contributed by atoms with E-state index in [4.69, 9.17) is 9.47 Å². The fourth-order valence-electron chi connectivity index (χ4n) is 4.54. The molecule has 0 amide bonds. The van der Waals surface area contributed by atoms with Crippen LogP contribution in [0, 0.1) is 0 Å². The van der Waals surface area contributed by atoms with Crippen LogP contribution in [0.25, 0.3) is 0 Å². The minimum Gasteiger partial charge on any atom is -0.497 e. The van der Waals surface area contributed by atoms with Crippen molar-refractivity contribution >= 4 is 11.4 Å². The number of hydrogen-bond donors (Lipinski definition) is 0. The Bertz CT molecular complexity index is 936. The molecule has 0 fully saturated rings. The van der Waals surface area contributed by atoms with Gasteiger partial charge in [0.2, 0.25) is 0 Å². The van der Waals surface area contributed by atoms with Crippen LogP contribution in [0.5, 0.6) is 11.5 Å². The summed E-state index contributed by atoms with van der Waals surface area (Å²) in [6.07, 6.45) is 0. The van der Waals surface area contributed by atoms with Crippen molar-refractivity contribution in [3.8, 4) is 11.5 Å². The van der Waals surface area contributed by atoms with E-state index in [1.807, 2.05) is 12.1 Å². The summed E-state index contributed by atoms with van der Waals surface area (Å²) in [6, 6.07) is 24.0. The van der Waals surface area contributed by atoms with Gasteiger partial charge in [-0.25, -0.2) is 0 Å². The Kier molecular flexibility index (Phi) is 8.65. The molecule has 4 nitrogen and oxygen atoms in total. The van der Waals surface area contributed by atoms with Crippen molar-refractivity contribution in [3.05, 3.63) is 83.4 Å². The fraction of sp³-hybridized carbons (Fsp3) is 0.379. The number of methoxy groups -OCH3 is 2. The first-order chi connectivity index (χ1) is 16.1. The monoisotopic (exact) mass is 446 g/mol. The van der Waals surface area contributed by atoms with Gasteiger partial charge in [-0.3, -0.25) is 0 Å².